The third-order valence-corrected chi connectivity index (χ3v) is 3.62. The van der Waals surface area contributed by atoms with Crippen LogP contribution in [-0.4, -0.2) is 43.4 Å². The van der Waals surface area contributed by atoms with Crippen LogP contribution >= 0.6 is 0 Å². The van der Waals surface area contributed by atoms with E-state index in [1.54, 1.807) is 0 Å². The maximum absolute atomic E-state index is 11.8. The average Bonchev–Trinajstić information content (AvgIpc) is 2.81. The molecule has 5 nitrogen and oxygen atoms in total. The van der Waals surface area contributed by atoms with Crippen LogP contribution in [0.1, 0.15) is 11.1 Å². The molecule has 1 aromatic rings. The van der Waals surface area contributed by atoms with Crippen molar-refractivity contribution >= 4 is 5.91 Å². The Morgan fingerprint density at radius 1 is 1.40 bits per heavy atom. The highest BCUT2D eigenvalue weighted by atomic mass is 16.5. The van der Waals surface area contributed by atoms with E-state index in [2.05, 4.69) is 10.6 Å². The van der Waals surface area contributed by atoms with Crippen LogP contribution in [0, 0.1) is 19.8 Å². The van der Waals surface area contributed by atoms with Crippen molar-refractivity contribution in [2.45, 2.75) is 20.0 Å². The number of benzene rings is 1. The van der Waals surface area contributed by atoms with E-state index in [0.29, 0.717) is 13.1 Å². The third-order valence-electron chi connectivity index (χ3n) is 3.62. The quantitative estimate of drug-likeness (QED) is 0.728. The van der Waals surface area contributed by atoms with Crippen LogP contribution in [0.15, 0.2) is 18.2 Å². The van der Waals surface area contributed by atoms with Gasteiger partial charge >= 0.3 is 0 Å². The number of amides is 1. The summed E-state index contributed by atoms with van der Waals surface area (Å²) in [5.41, 5.74) is 2.04. The zero-order chi connectivity index (χ0) is 14.5. The molecule has 3 N–H and O–H groups in total. The molecule has 1 aromatic carbocycles. The molecule has 20 heavy (non-hydrogen) atoms. The second-order valence-electron chi connectivity index (χ2n) is 5.30. The molecular formula is C15H22N2O3. The highest BCUT2D eigenvalue weighted by molar-refractivity contribution is 5.77. The minimum absolute atomic E-state index is 0.00192. The predicted octanol–water partition coefficient (Wildman–Crippen LogP) is 0.379. The van der Waals surface area contributed by atoms with E-state index in [0.717, 1.165) is 23.4 Å². The van der Waals surface area contributed by atoms with Crippen LogP contribution < -0.4 is 15.4 Å². The van der Waals surface area contributed by atoms with Crippen LogP contribution in [0.5, 0.6) is 5.75 Å². The topological polar surface area (TPSA) is 70.6 Å². The number of rotatable bonds is 5. The van der Waals surface area contributed by atoms with Crippen molar-refractivity contribution in [2.24, 2.45) is 5.92 Å². The molecule has 0 saturated carbocycles. The molecule has 1 saturated heterocycles. The number of nitrogens with one attached hydrogen (secondary N) is 2. The van der Waals surface area contributed by atoms with Crippen molar-refractivity contribution in [1.82, 2.24) is 10.6 Å². The van der Waals surface area contributed by atoms with Crippen molar-refractivity contribution < 1.29 is 14.6 Å². The number of β-amino-alcohol motifs (C(OH)–C–C–N with tert-alkyl or cyclic N) is 1. The first kappa shape index (κ1) is 14.8. The van der Waals surface area contributed by atoms with Crippen molar-refractivity contribution in [1.29, 1.82) is 0 Å². The molecule has 5 heteroatoms. The second-order valence-corrected chi connectivity index (χ2v) is 5.30. The SMILES string of the molecule is Cc1cccc(C)c1OCC(=O)NCC1CNCC1O. The molecule has 1 aliphatic rings. The molecule has 0 spiro atoms. The predicted molar refractivity (Wildman–Crippen MR) is 76.8 cm³/mol. The fourth-order valence-electron chi connectivity index (χ4n) is 2.39. The lowest BCUT2D eigenvalue weighted by Gasteiger charge is -2.15. The molecule has 0 aromatic heterocycles. The number of carbonyl (C=O) groups excluding carboxylic acids is 1. The number of aliphatic hydroxyl groups is 1. The summed E-state index contributed by atoms with van der Waals surface area (Å²) in [4.78, 5) is 11.8. The van der Waals surface area contributed by atoms with Crippen molar-refractivity contribution in [3.8, 4) is 5.75 Å². The summed E-state index contributed by atoms with van der Waals surface area (Å²) in [6.45, 7) is 5.73. The first-order chi connectivity index (χ1) is 9.58. The number of hydrogen-bond donors (Lipinski definition) is 3. The molecule has 0 bridgehead atoms. The number of hydrogen-bond acceptors (Lipinski definition) is 4. The van der Waals surface area contributed by atoms with E-state index in [1.165, 1.54) is 0 Å². The number of aliphatic hydroxyl groups excluding tert-OH is 1. The lowest BCUT2D eigenvalue weighted by atomic mass is 10.1. The van der Waals surface area contributed by atoms with Gasteiger partial charge < -0.3 is 20.5 Å². The van der Waals surface area contributed by atoms with Gasteiger partial charge in [0.15, 0.2) is 6.61 Å². The van der Waals surface area contributed by atoms with Gasteiger partial charge in [-0.05, 0) is 25.0 Å². The Labute approximate surface area is 119 Å². The molecule has 0 aliphatic carbocycles. The number of carbonyl (C=O) groups is 1. The molecule has 1 amide bonds. The van der Waals surface area contributed by atoms with Gasteiger partial charge in [-0.15, -0.1) is 0 Å². The number of ether oxygens (including phenoxy) is 1. The molecular weight excluding hydrogens is 256 g/mol. The molecule has 1 fully saturated rings. The van der Waals surface area contributed by atoms with Crippen LogP contribution in [-0.2, 0) is 4.79 Å². The summed E-state index contributed by atoms with van der Waals surface area (Å²) in [5, 5.41) is 15.5. The standard InChI is InChI=1S/C15H22N2O3/c1-10-4-3-5-11(2)15(10)20-9-14(19)17-7-12-6-16-8-13(12)18/h3-5,12-13,16,18H,6-9H2,1-2H3,(H,17,19). The smallest absolute Gasteiger partial charge is 0.257 e. The van der Waals surface area contributed by atoms with Crippen molar-refractivity contribution in [3.05, 3.63) is 29.3 Å². The number of aryl methyl sites for hydroxylation is 2. The van der Waals surface area contributed by atoms with Gasteiger partial charge in [-0.2, -0.15) is 0 Å². The van der Waals surface area contributed by atoms with E-state index in [-0.39, 0.29) is 24.5 Å². The Morgan fingerprint density at radius 2 is 2.10 bits per heavy atom. The van der Waals surface area contributed by atoms with Gasteiger partial charge in [0.2, 0.25) is 0 Å². The lowest BCUT2D eigenvalue weighted by Crippen LogP contribution is -2.36. The summed E-state index contributed by atoms with van der Waals surface area (Å²) >= 11 is 0. The first-order valence-corrected chi connectivity index (χ1v) is 6.92. The van der Waals surface area contributed by atoms with Crippen LogP contribution in [0.2, 0.25) is 0 Å². The van der Waals surface area contributed by atoms with Gasteiger partial charge in [-0.3, -0.25) is 4.79 Å². The fourth-order valence-corrected chi connectivity index (χ4v) is 2.39. The second kappa shape index (κ2) is 6.72. The molecule has 1 aliphatic heterocycles. The van der Waals surface area contributed by atoms with Crippen molar-refractivity contribution in [3.63, 3.8) is 0 Å². The van der Waals surface area contributed by atoms with Crippen LogP contribution in [0.4, 0.5) is 0 Å². The Morgan fingerprint density at radius 3 is 2.70 bits per heavy atom. The zero-order valence-electron chi connectivity index (χ0n) is 12.0. The molecule has 1 heterocycles. The summed E-state index contributed by atoms with van der Waals surface area (Å²) in [6.07, 6.45) is -0.380. The van der Waals surface area contributed by atoms with Gasteiger partial charge in [0.25, 0.3) is 5.91 Å². The lowest BCUT2D eigenvalue weighted by molar-refractivity contribution is -0.123. The Hall–Kier alpha value is -1.59. The van der Waals surface area contributed by atoms with Gasteiger partial charge in [-0.25, -0.2) is 0 Å². The molecule has 2 unspecified atom stereocenters. The monoisotopic (exact) mass is 278 g/mol. The fraction of sp³-hybridized carbons (Fsp3) is 0.533. The average molecular weight is 278 g/mol. The minimum Gasteiger partial charge on any atom is -0.483 e. The van der Waals surface area contributed by atoms with E-state index in [9.17, 15) is 9.90 Å². The Bertz CT molecular complexity index is 456. The van der Waals surface area contributed by atoms with Crippen LogP contribution in [0.25, 0.3) is 0 Å². The van der Waals surface area contributed by atoms with Crippen molar-refractivity contribution in [2.75, 3.05) is 26.2 Å². The van der Waals surface area contributed by atoms with E-state index in [1.807, 2.05) is 32.0 Å². The number of para-hydroxylation sites is 1. The van der Waals surface area contributed by atoms with Gasteiger partial charge in [0.1, 0.15) is 5.75 Å². The highest BCUT2D eigenvalue weighted by Gasteiger charge is 2.25. The van der Waals surface area contributed by atoms with E-state index >= 15 is 0 Å². The maximum atomic E-state index is 11.8. The van der Waals surface area contributed by atoms with Gasteiger partial charge in [0, 0.05) is 25.6 Å². The first-order valence-electron chi connectivity index (χ1n) is 6.92. The summed E-state index contributed by atoms with van der Waals surface area (Å²) < 4.78 is 5.58. The molecule has 110 valence electrons. The van der Waals surface area contributed by atoms with Gasteiger partial charge in [0.05, 0.1) is 6.10 Å². The molecule has 2 atom stereocenters. The van der Waals surface area contributed by atoms with Gasteiger partial charge in [-0.1, -0.05) is 18.2 Å². The Kier molecular flexibility index (Phi) is 4.98. The molecule has 0 radical (unpaired) electrons. The largest absolute Gasteiger partial charge is 0.483 e. The van der Waals surface area contributed by atoms with E-state index < -0.39 is 0 Å². The summed E-state index contributed by atoms with van der Waals surface area (Å²) in [6, 6.07) is 5.88. The highest BCUT2D eigenvalue weighted by Crippen LogP contribution is 2.21. The minimum atomic E-state index is -0.380. The summed E-state index contributed by atoms with van der Waals surface area (Å²) in [7, 11) is 0. The van der Waals surface area contributed by atoms with Crippen LogP contribution in [0.3, 0.4) is 0 Å². The van der Waals surface area contributed by atoms with E-state index in [4.69, 9.17) is 4.74 Å². The zero-order valence-corrected chi connectivity index (χ0v) is 12.0. The normalized spacial score (nSPS) is 21.8. The maximum Gasteiger partial charge on any atom is 0.257 e. The Balaban J connectivity index is 1.77. The summed E-state index contributed by atoms with van der Waals surface area (Å²) in [5.74, 6) is 0.691. The molecule has 2 rings (SSSR count). The third kappa shape index (κ3) is 3.71.